The van der Waals surface area contributed by atoms with Crippen LogP contribution in [0.15, 0.2) is 0 Å². The molecule has 0 aliphatic carbocycles. The van der Waals surface area contributed by atoms with Crippen LogP contribution in [-0.4, -0.2) is 12.1 Å². The Kier molecular flexibility index (Phi) is 10.6. The van der Waals surface area contributed by atoms with Gasteiger partial charge >= 0.3 is 6.29 Å². The predicted octanol–water partition coefficient (Wildman–Crippen LogP) is 2.10. The minimum Gasteiger partial charge on any atom is -0.463 e. The van der Waals surface area contributed by atoms with Crippen LogP contribution in [0.1, 0.15) is 64.7 Å². The van der Waals surface area contributed by atoms with E-state index in [0.717, 1.165) is 19.1 Å². The summed E-state index contributed by atoms with van der Waals surface area (Å²) in [5.41, 5.74) is 0. The highest BCUT2D eigenvalue weighted by Crippen LogP contribution is 2.08. The van der Waals surface area contributed by atoms with Gasteiger partial charge in [-0.1, -0.05) is 45.4 Å². The maximum absolute atomic E-state index is 11.1. The monoisotopic (exact) mass is 214 g/mol. The minimum atomic E-state index is 0.0967. The molecule has 0 radical (unpaired) electrons. The van der Waals surface area contributed by atoms with Gasteiger partial charge in [-0.2, -0.15) is 4.58 Å². The summed E-state index contributed by atoms with van der Waals surface area (Å²) in [5, 5.41) is 9.60. The Morgan fingerprint density at radius 1 is 1.13 bits per heavy atom. The Labute approximate surface area is 92.1 Å². The van der Waals surface area contributed by atoms with Crippen molar-refractivity contribution in [1.82, 2.24) is 0 Å². The van der Waals surface area contributed by atoms with Gasteiger partial charge in [0.15, 0.2) is 0 Å². The second-order valence-corrected chi connectivity index (χ2v) is 3.88. The molecule has 0 amide bonds. The lowest BCUT2D eigenvalue weighted by molar-refractivity contribution is -1.04. The van der Waals surface area contributed by atoms with Gasteiger partial charge in [0.2, 0.25) is 0 Å². The molecule has 0 aromatic heterocycles. The van der Waals surface area contributed by atoms with Crippen molar-refractivity contribution in [2.45, 2.75) is 64.7 Å². The average molecular weight is 214 g/mol. The number of Topliss-reactive ketones (excluding diaryl/α,β-unsaturated/α-hetero) is 1. The molecule has 0 saturated heterocycles. The van der Waals surface area contributed by atoms with E-state index in [4.69, 9.17) is 0 Å². The van der Waals surface area contributed by atoms with Gasteiger partial charge in [0, 0.05) is 6.42 Å². The Morgan fingerprint density at radius 2 is 1.73 bits per heavy atom. The summed E-state index contributed by atoms with van der Waals surface area (Å²) >= 11 is 0. The summed E-state index contributed by atoms with van der Waals surface area (Å²) in [6.45, 7) is 2.20. The first kappa shape index (κ1) is 14.1. The zero-order chi connectivity index (χ0) is 11.4. The second kappa shape index (κ2) is 11.2. The van der Waals surface area contributed by atoms with Crippen molar-refractivity contribution < 1.29 is 14.6 Å². The molecule has 3 heteroatoms. The molecule has 0 spiro atoms. The molecule has 0 unspecified atom stereocenters. The summed E-state index contributed by atoms with van der Waals surface area (Å²) in [6, 6.07) is 0. The number of hydrogen-bond acceptors (Lipinski definition) is 2. The number of unbranched alkanes of at least 4 members (excludes halogenated alkanes) is 6. The zero-order valence-corrected chi connectivity index (χ0v) is 9.67. The third-order valence-corrected chi connectivity index (χ3v) is 2.44. The van der Waals surface area contributed by atoms with Crippen molar-refractivity contribution in [2.24, 2.45) is 0 Å². The molecule has 0 atom stereocenters. The van der Waals surface area contributed by atoms with E-state index < -0.39 is 0 Å². The molecule has 0 heterocycles. The first-order valence-electron chi connectivity index (χ1n) is 5.93. The number of aldehydes is 1. The van der Waals surface area contributed by atoms with E-state index in [-0.39, 0.29) is 12.2 Å². The van der Waals surface area contributed by atoms with Crippen molar-refractivity contribution in [2.75, 3.05) is 0 Å². The lowest BCUT2D eigenvalue weighted by Crippen LogP contribution is -2.03. The third-order valence-electron chi connectivity index (χ3n) is 2.44. The van der Waals surface area contributed by atoms with Crippen LogP contribution in [0.25, 0.3) is 0 Å². The van der Waals surface area contributed by atoms with E-state index in [2.05, 4.69) is 11.5 Å². The van der Waals surface area contributed by atoms with Crippen molar-refractivity contribution in [3.63, 3.8) is 0 Å². The van der Waals surface area contributed by atoms with Crippen LogP contribution in [0.2, 0.25) is 0 Å². The molecule has 0 N–H and O–H groups in total. The van der Waals surface area contributed by atoms with Gasteiger partial charge in [-0.25, -0.2) is 0 Å². The maximum Gasteiger partial charge on any atom is 0.325 e. The smallest absolute Gasteiger partial charge is 0.325 e. The maximum atomic E-state index is 11.1. The molecule has 0 saturated carbocycles. The summed E-state index contributed by atoms with van der Waals surface area (Å²) < 4.78 is 3.49. The predicted molar refractivity (Wildman–Crippen MR) is 58.3 cm³/mol. The lowest BCUT2D eigenvalue weighted by Gasteiger charge is -1.99. The molecule has 0 fully saturated rings. The van der Waals surface area contributed by atoms with Gasteiger partial charge in [-0.3, -0.25) is 4.79 Å². The highest BCUT2D eigenvalue weighted by Gasteiger charge is 2.02. The molecule has 15 heavy (non-hydrogen) atoms. The van der Waals surface area contributed by atoms with Crippen molar-refractivity contribution in [3.8, 4) is 0 Å². The van der Waals surface area contributed by atoms with Crippen LogP contribution in [-0.2, 0) is 9.37 Å². The Bertz CT molecular complexity index is 176. The van der Waals surface area contributed by atoms with Crippen LogP contribution < -0.4 is 5.26 Å². The van der Waals surface area contributed by atoms with Gasteiger partial charge in [-0.15, -0.1) is 0 Å². The van der Waals surface area contributed by atoms with Crippen molar-refractivity contribution in [3.05, 3.63) is 0 Å². The number of carbonyl (C=O) groups is 1. The van der Waals surface area contributed by atoms with Gasteiger partial charge in [0.25, 0.3) is 0 Å². The molecule has 0 aromatic rings. The van der Waals surface area contributed by atoms with E-state index in [1.807, 2.05) is 0 Å². The quantitative estimate of drug-likeness (QED) is 0.140. The molecule has 0 aliphatic heterocycles. The van der Waals surface area contributed by atoms with Crippen molar-refractivity contribution >= 4 is 12.1 Å². The summed E-state index contributed by atoms with van der Waals surface area (Å²) in [4.78, 5) is 11.1. The normalized spacial score (nSPS) is 11.0. The lowest BCUT2D eigenvalue weighted by atomic mass is 10.1. The van der Waals surface area contributed by atoms with E-state index in [1.54, 1.807) is 0 Å². The molecule has 88 valence electrons. The fraction of sp³-hybridized carbons (Fsp3) is 0.833. The van der Waals surface area contributed by atoms with Crippen LogP contribution in [0, 0.1) is 0 Å². The summed E-state index contributed by atoms with van der Waals surface area (Å²) in [5.74, 6) is 0.0967. The van der Waals surface area contributed by atoms with Gasteiger partial charge in [0.05, 0.1) is 0 Å². The van der Waals surface area contributed by atoms with E-state index >= 15 is 0 Å². The first-order chi connectivity index (χ1) is 7.31. The highest BCUT2D eigenvalue weighted by molar-refractivity contribution is 5.89. The highest BCUT2D eigenvalue weighted by atomic mass is 17.1. The van der Waals surface area contributed by atoms with E-state index in [1.165, 1.54) is 32.1 Å². The van der Waals surface area contributed by atoms with Crippen molar-refractivity contribution in [1.29, 1.82) is 0 Å². The molecule has 3 nitrogen and oxygen atoms in total. The Morgan fingerprint density at radius 3 is 2.33 bits per heavy atom. The fourth-order valence-electron chi connectivity index (χ4n) is 1.51. The van der Waals surface area contributed by atoms with Gasteiger partial charge in [0.1, 0.15) is 12.2 Å². The largest absolute Gasteiger partial charge is 0.463 e. The fourth-order valence-corrected chi connectivity index (χ4v) is 1.51. The summed E-state index contributed by atoms with van der Waals surface area (Å²) in [7, 11) is 0. The Hall–Kier alpha value is -0.860. The Balaban J connectivity index is 3.13. The molecular formula is C12H22O3. The van der Waals surface area contributed by atoms with E-state index in [0.29, 0.717) is 6.42 Å². The van der Waals surface area contributed by atoms with Gasteiger partial charge in [-0.05, 0) is 6.42 Å². The topological polar surface area (TPSA) is 51.4 Å². The number of carbonyl (C=O) groups excluding carboxylic acids is 2. The number of ketones is 1. The van der Waals surface area contributed by atoms with Crippen LogP contribution in [0.5, 0.6) is 0 Å². The van der Waals surface area contributed by atoms with E-state index in [9.17, 15) is 10.1 Å². The van der Waals surface area contributed by atoms with Crippen LogP contribution >= 0.6 is 0 Å². The average Bonchev–Trinajstić information content (AvgIpc) is 2.25. The number of hydrogen-bond donors (Lipinski definition) is 0. The third kappa shape index (κ3) is 11.1. The number of rotatable bonds is 10. The summed E-state index contributed by atoms with van der Waals surface area (Å²) in [6.07, 6.45) is 10.2. The standard InChI is InChI=1S/C12H22O3/c1-2-3-4-5-6-7-8-9-12(13)10-11-15-14/h11H,2-10H2,1H3. The SMILES string of the molecule is CCCCCCCCCC(=O)CC=[O+][O-]. The zero-order valence-electron chi connectivity index (χ0n) is 9.67. The molecule has 0 bridgehead atoms. The minimum absolute atomic E-state index is 0.0967. The van der Waals surface area contributed by atoms with Gasteiger partial charge < -0.3 is 5.26 Å². The molecular weight excluding hydrogens is 192 g/mol. The molecule has 0 rings (SSSR count). The first-order valence-corrected chi connectivity index (χ1v) is 5.93. The molecule has 0 aliphatic rings. The molecule has 0 aromatic carbocycles. The van der Waals surface area contributed by atoms with Crippen LogP contribution in [0.4, 0.5) is 0 Å². The van der Waals surface area contributed by atoms with Crippen LogP contribution in [0.3, 0.4) is 0 Å². The second-order valence-electron chi connectivity index (χ2n) is 3.88.